The molecular weight excluding hydrogens is 344 g/mol. The minimum absolute atomic E-state index is 0.0496. The van der Waals surface area contributed by atoms with E-state index in [0.29, 0.717) is 54.2 Å². The fraction of sp³-hybridized carbons (Fsp3) is 0.438. The normalized spacial score (nSPS) is 20.7. The number of pyridine rings is 1. The molecule has 0 saturated carbocycles. The van der Waals surface area contributed by atoms with Gasteiger partial charge in [0.15, 0.2) is 5.82 Å². The van der Waals surface area contributed by atoms with E-state index in [0.717, 1.165) is 0 Å². The van der Waals surface area contributed by atoms with Crippen LogP contribution in [-0.2, 0) is 4.79 Å². The first-order valence-electron chi connectivity index (χ1n) is 7.96. The van der Waals surface area contributed by atoms with Gasteiger partial charge in [-0.25, -0.2) is 4.98 Å². The van der Waals surface area contributed by atoms with Gasteiger partial charge in [0.25, 0.3) is 0 Å². The standard InChI is InChI=1S/C16H15ClN6O2/c1-9-20-16(25-21-9)11-4-13(24)23(6-11)12-7-22(8-12)15-14(17)10(5-18)2-3-19-15/h2-3,11-12H,4,6-8H2,1H3. The lowest BCUT2D eigenvalue weighted by Crippen LogP contribution is -2.60. The highest BCUT2D eigenvalue weighted by atomic mass is 35.5. The minimum atomic E-state index is -0.0496. The lowest BCUT2D eigenvalue weighted by Gasteiger charge is -2.45. The molecule has 1 unspecified atom stereocenters. The summed E-state index contributed by atoms with van der Waals surface area (Å²) in [5, 5.41) is 13.2. The van der Waals surface area contributed by atoms with E-state index in [9.17, 15) is 4.79 Å². The summed E-state index contributed by atoms with van der Waals surface area (Å²) in [6, 6.07) is 3.74. The van der Waals surface area contributed by atoms with E-state index in [1.54, 1.807) is 19.2 Å². The van der Waals surface area contributed by atoms with Crippen LogP contribution in [0.25, 0.3) is 0 Å². The molecule has 2 aromatic heterocycles. The molecule has 0 N–H and O–H groups in total. The summed E-state index contributed by atoms with van der Waals surface area (Å²) in [5.41, 5.74) is 0.402. The van der Waals surface area contributed by atoms with Crippen LogP contribution < -0.4 is 4.90 Å². The van der Waals surface area contributed by atoms with Crippen LogP contribution in [0.5, 0.6) is 0 Å². The molecule has 1 atom stereocenters. The van der Waals surface area contributed by atoms with Gasteiger partial charge in [-0.3, -0.25) is 4.79 Å². The number of amides is 1. The third kappa shape index (κ3) is 2.70. The second-order valence-corrected chi connectivity index (χ2v) is 6.67. The first-order valence-corrected chi connectivity index (χ1v) is 8.34. The molecule has 8 nitrogen and oxygen atoms in total. The number of hydrogen-bond donors (Lipinski definition) is 0. The van der Waals surface area contributed by atoms with E-state index in [2.05, 4.69) is 21.2 Å². The monoisotopic (exact) mass is 358 g/mol. The SMILES string of the molecule is Cc1noc(C2CC(=O)N(C3CN(c4nccc(C#N)c4Cl)C3)C2)n1. The first kappa shape index (κ1) is 15.8. The molecule has 4 rings (SSSR count). The van der Waals surface area contributed by atoms with Crippen molar-refractivity contribution in [3.63, 3.8) is 0 Å². The molecule has 2 aliphatic rings. The van der Waals surface area contributed by atoms with Gasteiger partial charge < -0.3 is 14.3 Å². The van der Waals surface area contributed by atoms with Gasteiger partial charge >= 0.3 is 0 Å². The van der Waals surface area contributed by atoms with Gasteiger partial charge in [-0.2, -0.15) is 10.2 Å². The molecule has 2 aliphatic heterocycles. The summed E-state index contributed by atoms with van der Waals surface area (Å²) in [7, 11) is 0. The van der Waals surface area contributed by atoms with Crippen molar-refractivity contribution in [3.05, 3.63) is 34.6 Å². The van der Waals surface area contributed by atoms with Crippen LogP contribution >= 0.6 is 11.6 Å². The first-order chi connectivity index (χ1) is 12.1. The molecule has 2 saturated heterocycles. The number of hydrogen-bond acceptors (Lipinski definition) is 7. The van der Waals surface area contributed by atoms with Crippen LogP contribution in [0.1, 0.15) is 29.6 Å². The molecule has 0 spiro atoms. The Kier molecular flexibility index (Phi) is 3.81. The van der Waals surface area contributed by atoms with E-state index in [1.807, 2.05) is 9.80 Å². The Hall–Kier alpha value is -2.66. The second-order valence-electron chi connectivity index (χ2n) is 6.29. The summed E-state index contributed by atoms with van der Waals surface area (Å²) in [6.45, 7) is 3.63. The second kappa shape index (κ2) is 6.01. The molecule has 128 valence electrons. The van der Waals surface area contributed by atoms with Crippen molar-refractivity contribution in [1.29, 1.82) is 5.26 Å². The molecule has 0 radical (unpaired) electrons. The van der Waals surface area contributed by atoms with Crippen molar-refractivity contribution in [3.8, 4) is 6.07 Å². The largest absolute Gasteiger partial charge is 0.351 e. The molecule has 2 fully saturated rings. The van der Waals surface area contributed by atoms with Gasteiger partial charge in [0.1, 0.15) is 16.9 Å². The summed E-state index contributed by atoms with van der Waals surface area (Å²) < 4.78 is 5.20. The predicted molar refractivity (Wildman–Crippen MR) is 88.1 cm³/mol. The highest BCUT2D eigenvalue weighted by molar-refractivity contribution is 6.34. The maximum absolute atomic E-state index is 12.3. The molecule has 9 heteroatoms. The lowest BCUT2D eigenvalue weighted by atomic mass is 10.1. The fourth-order valence-electron chi connectivity index (χ4n) is 3.29. The van der Waals surface area contributed by atoms with Crippen LogP contribution in [0.4, 0.5) is 5.82 Å². The highest BCUT2D eigenvalue weighted by Gasteiger charge is 2.42. The van der Waals surface area contributed by atoms with Gasteiger partial charge in [0.05, 0.1) is 17.5 Å². The van der Waals surface area contributed by atoms with Crippen molar-refractivity contribution in [1.82, 2.24) is 20.0 Å². The molecular formula is C16H15ClN6O2. The third-order valence-corrected chi connectivity index (χ3v) is 5.02. The zero-order valence-electron chi connectivity index (χ0n) is 13.5. The molecule has 2 aromatic rings. The van der Waals surface area contributed by atoms with E-state index in [-0.39, 0.29) is 17.9 Å². The van der Waals surface area contributed by atoms with E-state index in [4.69, 9.17) is 21.4 Å². The van der Waals surface area contributed by atoms with E-state index in [1.165, 1.54) is 0 Å². The summed E-state index contributed by atoms with van der Waals surface area (Å²) in [6.07, 6.45) is 1.96. The van der Waals surface area contributed by atoms with Gasteiger partial charge in [0.2, 0.25) is 11.8 Å². The molecule has 4 heterocycles. The number of anilines is 1. The van der Waals surface area contributed by atoms with Crippen LogP contribution in [0.15, 0.2) is 16.8 Å². The molecule has 0 aliphatic carbocycles. The van der Waals surface area contributed by atoms with E-state index < -0.39 is 0 Å². The zero-order chi connectivity index (χ0) is 17.6. The summed E-state index contributed by atoms with van der Waals surface area (Å²) in [5.74, 6) is 1.74. The topological polar surface area (TPSA) is 99.2 Å². The van der Waals surface area contributed by atoms with Crippen molar-refractivity contribution >= 4 is 23.3 Å². The van der Waals surface area contributed by atoms with Gasteiger partial charge in [-0.05, 0) is 13.0 Å². The Morgan fingerprint density at radius 3 is 2.88 bits per heavy atom. The average Bonchev–Trinajstić information content (AvgIpc) is 3.14. The Morgan fingerprint density at radius 2 is 2.20 bits per heavy atom. The van der Waals surface area contributed by atoms with Gasteiger partial charge in [0, 0.05) is 32.3 Å². The van der Waals surface area contributed by atoms with Gasteiger partial charge in [-0.15, -0.1) is 0 Å². The molecule has 0 bridgehead atoms. The number of likely N-dealkylation sites (tertiary alicyclic amines) is 1. The average molecular weight is 359 g/mol. The minimum Gasteiger partial charge on any atom is -0.351 e. The smallest absolute Gasteiger partial charge is 0.232 e. The molecule has 1 amide bonds. The van der Waals surface area contributed by atoms with Crippen molar-refractivity contribution in [2.24, 2.45) is 0 Å². The number of carbonyl (C=O) groups is 1. The summed E-state index contributed by atoms with van der Waals surface area (Å²) >= 11 is 6.22. The number of aryl methyl sites for hydroxylation is 1. The number of carbonyl (C=O) groups excluding carboxylic acids is 1. The van der Waals surface area contributed by atoms with Crippen molar-refractivity contribution in [2.75, 3.05) is 24.5 Å². The Labute approximate surface area is 149 Å². The van der Waals surface area contributed by atoms with Crippen LogP contribution in [0, 0.1) is 18.3 Å². The zero-order valence-corrected chi connectivity index (χ0v) is 14.3. The molecule has 0 aromatic carbocycles. The van der Waals surface area contributed by atoms with Gasteiger partial charge in [-0.1, -0.05) is 16.8 Å². The lowest BCUT2D eigenvalue weighted by molar-refractivity contribution is -0.130. The Balaban J connectivity index is 1.43. The maximum atomic E-state index is 12.3. The fourth-order valence-corrected chi connectivity index (χ4v) is 3.57. The Morgan fingerprint density at radius 1 is 1.40 bits per heavy atom. The van der Waals surface area contributed by atoms with Crippen molar-refractivity contribution < 1.29 is 9.32 Å². The van der Waals surface area contributed by atoms with Crippen LogP contribution in [0.2, 0.25) is 5.02 Å². The number of nitrogens with zero attached hydrogens (tertiary/aromatic N) is 6. The number of aromatic nitrogens is 3. The van der Waals surface area contributed by atoms with E-state index >= 15 is 0 Å². The molecule has 25 heavy (non-hydrogen) atoms. The third-order valence-electron chi connectivity index (χ3n) is 4.64. The number of halogens is 1. The Bertz CT molecular complexity index is 870. The summed E-state index contributed by atoms with van der Waals surface area (Å²) in [4.78, 5) is 24.7. The number of nitriles is 1. The van der Waals surface area contributed by atoms with Crippen molar-refractivity contribution in [2.45, 2.75) is 25.3 Å². The quantitative estimate of drug-likeness (QED) is 0.819. The van der Waals surface area contributed by atoms with Crippen LogP contribution in [-0.4, -0.2) is 51.6 Å². The maximum Gasteiger partial charge on any atom is 0.232 e. The predicted octanol–water partition coefficient (Wildman–Crippen LogP) is 1.50. The number of rotatable bonds is 3. The highest BCUT2D eigenvalue weighted by Crippen LogP contribution is 2.34. The van der Waals surface area contributed by atoms with Crippen LogP contribution in [0.3, 0.4) is 0 Å².